The van der Waals surface area contributed by atoms with Crippen LogP contribution in [0, 0.1) is 11.5 Å². The Hall–Kier alpha value is -2.28. The normalized spacial score (nSPS) is 11.2. The molecule has 0 unspecified atom stereocenters. The van der Waals surface area contributed by atoms with Gasteiger partial charge in [-0.05, 0) is 30.7 Å². The maximum atomic E-state index is 8.54. The summed E-state index contributed by atoms with van der Waals surface area (Å²) in [4.78, 5) is 4.13. The van der Waals surface area contributed by atoms with Crippen LogP contribution in [0.2, 0.25) is 0 Å². The summed E-state index contributed by atoms with van der Waals surface area (Å²) in [6.07, 6.45) is 5.51. The summed E-state index contributed by atoms with van der Waals surface area (Å²) >= 11 is 0. The van der Waals surface area contributed by atoms with Crippen molar-refractivity contribution in [1.82, 2.24) is 5.32 Å². The van der Waals surface area contributed by atoms with Crippen LogP contribution in [0.4, 0.5) is 0 Å². The van der Waals surface area contributed by atoms with Crippen LogP contribution in [0.3, 0.4) is 0 Å². The number of benzene rings is 1. The molecule has 4 heteroatoms. The molecular formula is C13H15N3O. The highest BCUT2D eigenvalue weighted by Crippen LogP contribution is 2.12. The third kappa shape index (κ3) is 4.39. The van der Waals surface area contributed by atoms with Crippen LogP contribution in [-0.2, 0) is 0 Å². The van der Waals surface area contributed by atoms with Crippen molar-refractivity contribution in [3.8, 4) is 11.9 Å². The second-order valence-corrected chi connectivity index (χ2v) is 3.20. The number of methoxy groups -OCH3 is 1. The Morgan fingerprint density at radius 1 is 1.47 bits per heavy atom. The lowest BCUT2D eigenvalue weighted by Crippen LogP contribution is -2.14. The summed E-state index contributed by atoms with van der Waals surface area (Å²) in [5, 5.41) is 11.1. The van der Waals surface area contributed by atoms with Crippen molar-refractivity contribution in [2.45, 2.75) is 6.92 Å². The molecule has 0 saturated heterocycles. The van der Waals surface area contributed by atoms with E-state index in [-0.39, 0.29) is 0 Å². The molecular weight excluding hydrogens is 214 g/mol. The van der Waals surface area contributed by atoms with Gasteiger partial charge in [0.1, 0.15) is 11.6 Å². The number of nitrogens with zero attached hydrogens (tertiary/aromatic N) is 2. The third-order valence-corrected chi connectivity index (χ3v) is 2.06. The molecule has 0 radical (unpaired) electrons. The van der Waals surface area contributed by atoms with E-state index in [4.69, 9.17) is 10.00 Å². The van der Waals surface area contributed by atoms with Crippen molar-refractivity contribution >= 4 is 11.9 Å². The number of hydrogen-bond donors (Lipinski definition) is 1. The van der Waals surface area contributed by atoms with Gasteiger partial charge in [-0.15, -0.1) is 0 Å². The Bertz CT molecular complexity index is 441. The zero-order chi connectivity index (χ0) is 12.5. The van der Waals surface area contributed by atoms with Gasteiger partial charge in [-0.3, -0.25) is 10.3 Å². The lowest BCUT2D eigenvalue weighted by atomic mass is 10.2. The SMILES string of the molecule is CCN=C(/C=C/c1ccc(OC)cc1)NC#N. The average Bonchev–Trinajstić information content (AvgIpc) is 2.37. The van der Waals surface area contributed by atoms with Crippen molar-refractivity contribution in [2.24, 2.45) is 4.99 Å². The molecule has 0 bridgehead atoms. The van der Waals surface area contributed by atoms with Crippen molar-refractivity contribution < 1.29 is 4.74 Å². The van der Waals surface area contributed by atoms with Gasteiger partial charge < -0.3 is 4.74 Å². The molecule has 4 nitrogen and oxygen atoms in total. The second-order valence-electron chi connectivity index (χ2n) is 3.20. The monoisotopic (exact) mass is 229 g/mol. The van der Waals surface area contributed by atoms with Gasteiger partial charge >= 0.3 is 0 Å². The van der Waals surface area contributed by atoms with E-state index in [0.29, 0.717) is 12.4 Å². The van der Waals surface area contributed by atoms with Crippen LogP contribution in [0.25, 0.3) is 6.08 Å². The molecule has 0 spiro atoms. The fourth-order valence-electron chi connectivity index (χ4n) is 1.25. The number of amidine groups is 1. The fourth-order valence-corrected chi connectivity index (χ4v) is 1.25. The number of nitriles is 1. The van der Waals surface area contributed by atoms with E-state index >= 15 is 0 Å². The molecule has 1 aromatic carbocycles. The first-order chi connectivity index (χ1) is 8.30. The average molecular weight is 229 g/mol. The minimum absolute atomic E-state index is 0.561. The molecule has 0 atom stereocenters. The lowest BCUT2D eigenvalue weighted by Gasteiger charge is -1.99. The predicted molar refractivity (Wildman–Crippen MR) is 68.8 cm³/mol. The Morgan fingerprint density at radius 2 is 2.18 bits per heavy atom. The van der Waals surface area contributed by atoms with Gasteiger partial charge in [-0.25, -0.2) is 0 Å². The molecule has 88 valence electrons. The second kappa shape index (κ2) is 7.07. The smallest absolute Gasteiger partial charge is 0.182 e. The van der Waals surface area contributed by atoms with Crippen LogP contribution < -0.4 is 10.1 Å². The van der Waals surface area contributed by atoms with Gasteiger partial charge in [0.25, 0.3) is 0 Å². The van der Waals surface area contributed by atoms with Crippen molar-refractivity contribution in [1.29, 1.82) is 5.26 Å². The van der Waals surface area contributed by atoms with Crippen molar-refractivity contribution in [3.63, 3.8) is 0 Å². The zero-order valence-corrected chi connectivity index (χ0v) is 9.97. The van der Waals surface area contributed by atoms with E-state index in [1.807, 2.05) is 43.5 Å². The summed E-state index contributed by atoms with van der Waals surface area (Å²) < 4.78 is 5.07. The number of hydrogen-bond acceptors (Lipinski definition) is 3. The van der Waals surface area contributed by atoms with Crippen LogP contribution in [0.1, 0.15) is 12.5 Å². The van der Waals surface area contributed by atoms with Crippen LogP contribution >= 0.6 is 0 Å². The Kier molecular flexibility index (Phi) is 5.32. The number of aliphatic imine (C=N–C) groups is 1. The molecule has 1 aromatic rings. The van der Waals surface area contributed by atoms with Crippen LogP contribution in [-0.4, -0.2) is 19.5 Å². The molecule has 17 heavy (non-hydrogen) atoms. The first kappa shape index (κ1) is 12.8. The van der Waals surface area contributed by atoms with Gasteiger partial charge in [0.2, 0.25) is 0 Å². The van der Waals surface area contributed by atoms with Crippen molar-refractivity contribution in [3.05, 3.63) is 35.9 Å². The molecule has 0 aliphatic carbocycles. The maximum Gasteiger partial charge on any atom is 0.182 e. The standard InChI is InChI=1S/C13H15N3O/c1-3-15-13(16-10-14)9-6-11-4-7-12(17-2)8-5-11/h4-9H,3H2,1-2H3,(H,15,16)/b9-6+. The summed E-state index contributed by atoms with van der Waals surface area (Å²) in [5.41, 5.74) is 1.02. The largest absolute Gasteiger partial charge is 0.497 e. The molecule has 0 aliphatic heterocycles. The minimum Gasteiger partial charge on any atom is -0.497 e. The molecule has 0 aromatic heterocycles. The summed E-state index contributed by atoms with van der Waals surface area (Å²) in [7, 11) is 1.63. The van der Waals surface area contributed by atoms with E-state index in [1.54, 1.807) is 13.2 Å². The van der Waals surface area contributed by atoms with Gasteiger partial charge in [0, 0.05) is 6.54 Å². The van der Waals surface area contributed by atoms with Crippen LogP contribution in [0.5, 0.6) is 5.75 Å². The number of rotatable bonds is 4. The summed E-state index contributed by atoms with van der Waals surface area (Å²) in [6, 6.07) is 7.64. The molecule has 1 N–H and O–H groups in total. The first-order valence-corrected chi connectivity index (χ1v) is 5.31. The first-order valence-electron chi connectivity index (χ1n) is 5.31. The van der Waals surface area contributed by atoms with Crippen molar-refractivity contribution in [2.75, 3.05) is 13.7 Å². The van der Waals surface area contributed by atoms with E-state index in [1.165, 1.54) is 0 Å². The topological polar surface area (TPSA) is 57.4 Å². The molecule has 0 heterocycles. The highest BCUT2D eigenvalue weighted by molar-refractivity contribution is 5.97. The van der Waals surface area contributed by atoms with Crippen LogP contribution in [0.15, 0.2) is 35.3 Å². The number of ether oxygens (including phenoxy) is 1. The minimum atomic E-state index is 0.561. The quantitative estimate of drug-likeness (QED) is 0.372. The van der Waals surface area contributed by atoms with E-state index < -0.39 is 0 Å². The Morgan fingerprint density at radius 3 is 2.71 bits per heavy atom. The maximum absolute atomic E-state index is 8.54. The van der Waals surface area contributed by atoms with E-state index in [0.717, 1.165) is 11.3 Å². The number of nitrogens with one attached hydrogen (secondary N) is 1. The molecule has 1 rings (SSSR count). The fraction of sp³-hybridized carbons (Fsp3) is 0.231. The molecule has 0 amide bonds. The summed E-state index contributed by atoms with van der Waals surface area (Å²) in [5.74, 6) is 1.38. The van der Waals surface area contributed by atoms with Gasteiger partial charge in [0.05, 0.1) is 7.11 Å². The van der Waals surface area contributed by atoms with Gasteiger partial charge in [-0.1, -0.05) is 18.2 Å². The Balaban J connectivity index is 2.74. The molecule has 0 saturated carbocycles. The lowest BCUT2D eigenvalue weighted by molar-refractivity contribution is 0.415. The summed E-state index contributed by atoms with van der Waals surface area (Å²) in [6.45, 7) is 2.55. The predicted octanol–water partition coefficient (Wildman–Crippen LogP) is 2.20. The highest BCUT2D eigenvalue weighted by atomic mass is 16.5. The molecule has 0 fully saturated rings. The zero-order valence-electron chi connectivity index (χ0n) is 9.97. The van der Waals surface area contributed by atoms with Gasteiger partial charge in [-0.2, -0.15) is 5.26 Å². The van der Waals surface area contributed by atoms with E-state index in [2.05, 4.69) is 10.3 Å². The van der Waals surface area contributed by atoms with Gasteiger partial charge in [0.15, 0.2) is 6.19 Å². The molecule has 0 aliphatic rings. The highest BCUT2D eigenvalue weighted by Gasteiger charge is 1.92. The van der Waals surface area contributed by atoms with E-state index in [9.17, 15) is 0 Å². The Labute approximate surface area is 101 Å². The third-order valence-electron chi connectivity index (χ3n) is 2.06.